The molecule has 19 heavy (non-hydrogen) atoms. The minimum atomic E-state index is -0.721. The summed E-state index contributed by atoms with van der Waals surface area (Å²) in [6, 6.07) is 8.45. The van der Waals surface area contributed by atoms with Gasteiger partial charge in [0.15, 0.2) is 11.8 Å². The van der Waals surface area contributed by atoms with Crippen molar-refractivity contribution in [2.75, 3.05) is 14.2 Å². The van der Waals surface area contributed by atoms with Crippen LogP contribution in [0, 0.1) is 0 Å². The number of esters is 2. The number of ether oxygens (including phenoxy) is 2. The van der Waals surface area contributed by atoms with Gasteiger partial charge in [-0.2, -0.15) is 5.10 Å². The van der Waals surface area contributed by atoms with E-state index in [-0.39, 0.29) is 5.71 Å². The van der Waals surface area contributed by atoms with E-state index >= 15 is 0 Å². The fraction of sp³-hybridized carbons (Fsp3) is 0.308. The Morgan fingerprint density at radius 2 is 1.84 bits per heavy atom. The van der Waals surface area contributed by atoms with Crippen molar-refractivity contribution >= 4 is 17.7 Å². The molecule has 1 aromatic rings. The summed E-state index contributed by atoms with van der Waals surface area (Å²) in [6.07, 6.45) is 0. The van der Waals surface area contributed by atoms with Crippen LogP contribution < -0.4 is 5.43 Å². The Morgan fingerprint density at radius 3 is 2.42 bits per heavy atom. The second-order valence-corrected chi connectivity index (χ2v) is 4.01. The highest BCUT2D eigenvalue weighted by Gasteiger charge is 2.42. The molecule has 2 atom stereocenters. The van der Waals surface area contributed by atoms with Gasteiger partial charge in [-0.3, -0.25) is 5.43 Å². The summed E-state index contributed by atoms with van der Waals surface area (Å²) in [6.45, 7) is 0. The van der Waals surface area contributed by atoms with Crippen molar-refractivity contribution in [2.45, 2.75) is 12.0 Å². The molecule has 2 rings (SSSR count). The number of carbonyl (C=O) groups excluding carboxylic acids is 2. The van der Waals surface area contributed by atoms with Crippen molar-refractivity contribution in [3.05, 3.63) is 35.9 Å². The zero-order valence-corrected chi connectivity index (χ0v) is 10.6. The van der Waals surface area contributed by atoms with E-state index < -0.39 is 23.9 Å². The maximum Gasteiger partial charge on any atom is 0.354 e. The summed E-state index contributed by atoms with van der Waals surface area (Å²) in [5, 5.41) is 3.91. The third kappa shape index (κ3) is 2.42. The molecule has 100 valence electrons. The van der Waals surface area contributed by atoms with Gasteiger partial charge >= 0.3 is 11.9 Å². The number of benzene rings is 1. The lowest BCUT2D eigenvalue weighted by molar-refractivity contribution is -0.143. The molecule has 0 spiro atoms. The molecule has 0 fully saturated rings. The molecule has 6 nitrogen and oxygen atoms in total. The third-order valence-electron chi connectivity index (χ3n) is 2.96. The summed E-state index contributed by atoms with van der Waals surface area (Å²) < 4.78 is 9.41. The van der Waals surface area contributed by atoms with Gasteiger partial charge in [-0.25, -0.2) is 9.59 Å². The Morgan fingerprint density at radius 1 is 1.16 bits per heavy atom. The smallest absolute Gasteiger partial charge is 0.354 e. The van der Waals surface area contributed by atoms with Gasteiger partial charge in [0.25, 0.3) is 0 Å². The van der Waals surface area contributed by atoms with E-state index in [1.54, 1.807) is 0 Å². The highest BCUT2D eigenvalue weighted by Crippen LogP contribution is 2.27. The van der Waals surface area contributed by atoms with Crippen LogP contribution in [0.4, 0.5) is 0 Å². The average molecular weight is 262 g/mol. The number of rotatable bonds is 3. The number of nitrogens with one attached hydrogen (secondary N) is 1. The summed E-state index contributed by atoms with van der Waals surface area (Å²) in [5.74, 6) is -1.55. The number of hydrogen-bond donors (Lipinski definition) is 1. The Balaban J connectivity index is 2.37. The largest absolute Gasteiger partial charge is 0.467 e. The number of hydrazone groups is 1. The van der Waals surface area contributed by atoms with Crippen LogP contribution in [0.25, 0.3) is 0 Å². The first kappa shape index (κ1) is 13.1. The Hall–Kier alpha value is -2.37. The van der Waals surface area contributed by atoms with E-state index in [0.29, 0.717) is 0 Å². The van der Waals surface area contributed by atoms with Crippen LogP contribution in [-0.4, -0.2) is 37.9 Å². The third-order valence-corrected chi connectivity index (χ3v) is 2.96. The van der Waals surface area contributed by atoms with E-state index in [9.17, 15) is 9.59 Å². The first-order chi connectivity index (χ1) is 9.19. The SMILES string of the molecule is COC(=O)C1=NN[C@@H](C(=O)OC)[C@@H]1c1ccccc1. The van der Waals surface area contributed by atoms with Gasteiger partial charge < -0.3 is 9.47 Å². The van der Waals surface area contributed by atoms with Crippen LogP contribution in [0.5, 0.6) is 0 Å². The van der Waals surface area contributed by atoms with E-state index in [4.69, 9.17) is 4.74 Å². The van der Waals surface area contributed by atoms with E-state index in [1.165, 1.54) is 14.2 Å². The minimum absolute atomic E-state index is 0.170. The molecule has 1 aliphatic rings. The first-order valence-corrected chi connectivity index (χ1v) is 5.73. The number of methoxy groups -OCH3 is 2. The topological polar surface area (TPSA) is 77.0 Å². The molecule has 0 aromatic heterocycles. The molecule has 0 aliphatic carbocycles. The summed E-state index contributed by atoms with van der Waals surface area (Å²) in [5.41, 5.74) is 3.60. The zero-order chi connectivity index (χ0) is 13.8. The monoisotopic (exact) mass is 262 g/mol. The highest BCUT2D eigenvalue weighted by atomic mass is 16.5. The fourth-order valence-corrected chi connectivity index (χ4v) is 2.04. The van der Waals surface area contributed by atoms with Gasteiger partial charge in [0, 0.05) is 0 Å². The van der Waals surface area contributed by atoms with Crippen LogP contribution in [0.3, 0.4) is 0 Å². The molecule has 0 radical (unpaired) electrons. The Labute approximate surface area is 110 Å². The van der Waals surface area contributed by atoms with E-state index in [2.05, 4.69) is 15.3 Å². The van der Waals surface area contributed by atoms with Crippen LogP contribution in [0.15, 0.2) is 35.4 Å². The van der Waals surface area contributed by atoms with Crippen molar-refractivity contribution in [3.63, 3.8) is 0 Å². The maximum atomic E-state index is 11.7. The van der Waals surface area contributed by atoms with Crippen molar-refractivity contribution in [3.8, 4) is 0 Å². The molecule has 0 saturated heterocycles. The summed E-state index contributed by atoms with van der Waals surface area (Å²) in [4.78, 5) is 23.5. The number of nitrogens with zero attached hydrogens (tertiary/aromatic N) is 1. The standard InChI is InChI=1S/C13H14N2O4/c1-18-12(16)10-9(8-6-4-3-5-7-8)11(15-14-10)13(17)19-2/h3-7,9-10,14H,1-2H3/t9-,10+/m0/s1. The maximum absolute atomic E-state index is 11.7. The molecule has 0 bridgehead atoms. The molecular formula is C13H14N2O4. The molecule has 0 amide bonds. The van der Waals surface area contributed by atoms with E-state index in [1.807, 2.05) is 30.3 Å². The second-order valence-electron chi connectivity index (χ2n) is 4.01. The van der Waals surface area contributed by atoms with Crippen LogP contribution >= 0.6 is 0 Å². The molecule has 0 unspecified atom stereocenters. The number of carbonyl (C=O) groups is 2. The predicted molar refractivity (Wildman–Crippen MR) is 67.6 cm³/mol. The molecule has 0 saturated carbocycles. The molecule has 1 heterocycles. The van der Waals surface area contributed by atoms with Gasteiger partial charge in [-0.15, -0.1) is 0 Å². The molecule has 1 aliphatic heterocycles. The highest BCUT2D eigenvalue weighted by molar-refractivity contribution is 6.39. The predicted octanol–water partition coefficient (Wildman–Crippen LogP) is 0.444. The fourth-order valence-electron chi connectivity index (χ4n) is 2.04. The van der Waals surface area contributed by atoms with Crippen LogP contribution in [0.2, 0.25) is 0 Å². The van der Waals surface area contributed by atoms with Crippen LogP contribution in [-0.2, 0) is 19.1 Å². The molecule has 1 N–H and O–H groups in total. The second kappa shape index (κ2) is 5.51. The number of hydrogen-bond acceptors (Lipinski definition) is 6. The lowest BCUT2D eigenvalue weighted by Crippen LogP contribution is -2.38. The molecule has 1 aromatic carbocycles. The molecule has 6 heteroatoms. The van der Waals surface area contributed by atoms with Crippen molar-refractivity contribution in [1.82, 2.24) is 5.43 Å². The van der Waals surface area contributed by atoms with Crippen molar-refractivity contribution in [1.29, 1.82) is 0 Å². The van der Waals surface area contributed by atoms with Gasteiger partial charge in [0.05, 0.1) is 20.1 Å². The average Bonchev–Trinajstić information content (AvgIpc) is 2.91. The van der Waals surface area contributed by atoms with Crippen molar-refractivity contribution in [2.24, 2.45) is 5.10 Å². The quantitative estimate of drug-likeness (QED) is 0.800. The normalized spacial score (nSPS) is 21.3. The van der Waals surface area contributed by atoms with Gasteiger partial charge in [0.1, 0.15) is 0 Å². The summed E-state index contributed by atoms with van der Waals surface area (Å²) in [7, 11) is 2.57. The lowest BCUT2D eigenvalue weighted by Gasteiger charge is -2.18. The zero-order valence-electron chi connectivity index (χ0n) is 10.6. The van der Waals surface area contributed by atoms with E-state index in [0.717, 1.165) is 5.56 Å². The van der Waals surface area contributed by atoms with Gasteiger partial charge in [-0.05, 0) is 5.56 Å². The molecular weight excluding hydrogens is 248 g/mol. The lowest BCUT2D eigenvalue weighted by atomic mass is 9.88. The Bertz CT molecular complexity index is 513. The summed E-state index contributed by atoms with van der Waals surface area (Å²) >= 11 is 0. The van der Waals surface area contributed by atoms with Crippen LogP contribution in [0.1, 0.15) is 11.5 Å². The Kier molecular flexibility index (Phi) is 3.79. The minimum Gasteiger partial charge on any atom is -0.467 e. The van der Waals surface area contributed by atoms with Gasteiger partial charge in [0.2, 0.25) is 0 Å². The first-order valence-electron chi connectivity index (χ1n) is 5.73. The van der Waals surface area contributed by atoms with Gasteiger partial charge in [-0.1, -0.05) is 30.3 Å². The van der Waals surface area contributed by atoms with Crippen molar-refractivity contribution < 1.29 is 19.1 Å².